The van der Waals surface area contributed by atoms with Gasteiger partial charge in [0.2, 0.25) is 5.91 Å². The second-order valence-electron chi connectivity index (χ2n) is 5.15. The van der Waals surface area contributed by atoms with Crippen LogP contribution < -0.4 is 11.0 Å². The summed E-state index contributed by atoms with van der Waals surface area (Å²) in [6.45, 7) is 0. The molecule has 23 heavy (non-hydrogen) atoms. The van der Waals surface area contributed by atoms with E-state index in [0.717, 1.165) is 17.7 Å². The second kappa shape index (κ2) is 7.19. The Morgan fingerprint density at radius 3 is 2.65 bits per heavy atom. The highest BCUT2D eigenvalue weighted by molar-refractivity contribution is 7.99. The highest BCUT2D eigenvalue weighted by Crippen LogP contribution is 2.19. The topological polar surface area (TPSA) is 77.8 Å². The van der Waals surface area contributed by atoms with E-state index in [0.29, 0.717) is 17.6 Å². The molecule has 0 bridgehead atoms. The largest absolute Gasteiger partial charge is 0.326 e. The molecule has 1 amide bonds. The number of aromatic nitrogens is 2. The minimum Gasteiger partial charge on any atom is -0.326 e. The Morgan fingerprint density at radius 1 is 1.04 bits per heavy atom. The van der Waals surface area contributed by atoms with Crippen molar-refractivity contribution in [1.82, 2.24) is 9.97 Å². The van der Waals surface area contributed by atoms with Gasteiger partial charge in [0.15, 0.2) is 0 Å². The van der Waals surface area contributed by atoms with Gasteiger partial charge in [-0.3, -0.25) is 4.79 Å². The maximum absolute atomic E-state index is 12.0. The molecule has 3 rings (SSSR count). The number of amides is 1. The number of aromatic amines is 2. The number of carbonyl (C=O) groups is 1. The Bertz CT molecular complexity index is 855. The number of rotatable bonds is 6. The molecule has 1 heterocycles. The number of benzene rings is 2. The number of anilines is 1. The van der Waals surface area contributed by atoms with Crippen molar-refractivity contribution >= 4 is 34.4 Å². The van der Waals surface area contributed by atoms with Gasteiger partial charge in [0.1, 0.15) is 0 Å². The van der Waals surface area contributed by atoms with Crippen LogP contribution in [0.1, 0.15) is 12.8 Å². The van der Waals surface area contributed by atoms with Crippen LogP contribution in [0.3, 0.4) is 0 Å². The average Bonchev–Trinajstić information content (AvgIpc) is 2.92. The molecule has 118 valence electrons. The average molecular weight is 327 g/mol. The summed E-state index contributed by atoms with van der Waals surface area (Å²) >= 11 is 1.75. The van der Waals surface area contributed by atoms with Crippen molar-refractivity contribution in [2.24, 2.45) is 0 Å². The summed E-state index contributed by atoms with van der Waals surface area (Å²) in [4.78, 5) is 29.7. The zero-order valence-electron chi connectivity index (χ0n) is 12.5. The number of hydrogen-bond acceptors (Lipinski definition) is 3. The van der Waals surface area contributed by atoms with E-state index < -0.39 is 0 Å². The Hall–Kier alpha value is -2.47. The zero-order chi connectivity index (χ0) is 16.1. The van der Waals surface area contributed by atoms with Crippen LogP contribution in [0, 0.1) is 0 Å². The molecule has 0 spiro atoms. The summed E-state index contributed by atoms with van der Waals surface area (Å²) in [6, 6.07) is 15.5. The zero-order valence-corrected chi connectivity index (χ0v) is 13.3. The molecule has 0 aliphatic rings. The van der Waals surface area contributed by atoms with Crippen molar-refractivity contribution in [3.8, 4) is 0 Å². The molecule has 0 aliphatic carbocycles. The maximum atomic E-state index is 12.0. The second-order valence-corrected chi connectivity index (χ2v) is 6.32. The molecular formula is C17H17N3O2S. The molecule has 0 saturated heterocycles. The first-order valence-corrected chi connectivity index (χ1v) is 8.39. The molecule has 3 N–H and O–H groups in total. The molecular weight excluding hydrogens is 310 g/mol. The van der Waals surface area contributed by atoms with Crippen molar-refractivity contribution in [3.63, 3.8) is 0 Å². The van der Waals surface area contributed by atoms with Gasteiger partial charge in [-0.25, -0.2) is 4.79 Å². The number of thioether (sulfide) groups is 1. The SMILES string of the molecule is O=C(CCCSc1ccccc1)Nc1ccc2[nH]c(=O)[nH]c2c1. The van der Waals surface area contributed by atoms with Gasteiger partial charge in [0.05, 0.1) is 11.0 Å². The molecule has 0 radical (unpaired) electrons. The lowest BCUT2D eigenvalue weighted by Crippen LogP contribution is -2.11. The van der Waals surface area contributed by atoms with Crippen LogP contribution in [0.2, 0.25) is 0 Å². The first-order chi connectivity index (χ1) is 11.2. The molecule has 5 nitrogen and oxygen atoms in total. The van der Waals surface area contributed by atoms with E-state index in [9.17, 15) is 9.59 Å². The Labute approximate surface area is 137 Å². The molecule has 2 aromatic carbocycles. The number of nitrogens with one attached hydrogen (secondary N) is 3. The molecule has 1 aromatic heterocycles. The predicted octanol–water partition coefficient (Wildman–Crippen LogP) is 3.37. The van der Waals surface area contributed by atoms with Crippen molar-refractivity contribution in [1.29, 1.82) is 0 Å². The van der Waals surface area contributed by atoms with Crippen LogP contribution in [0.25, 0.3) is 11.0 Å². The quantitative estimate of drug-likeness (QED) is 0.480. The molecule has 3 aromatic rings. The van der Waals surface area contributed by atoms with E-state index in [-0.39, 0.29) is 11.6 Å². The first-order valence-electron chi connectivity index (χ1n) is 7.40. The van der Waals surface area contributed by atoms with Crippen molar-refractivity contribution in [2.45, 2.75) is 17.7 Å². The van der Waals surface area contributed by atoms with Gasteiger partial charge >= 0.3 is 5.69 Å². The van der Waals surface area contributed by atoms with Gasteiger partial charge in [-0.05, 0) is 42.5 Å². The molecule has 0 unspecified atom stereocenters. The third-order valence-corrected chi connectivity index (χ3v) is 4.46. The molecule has 0 aliphatic heterocycles. The molecule has 0 fully saturated rings. The number of H-pyrrole nitrogens is 2. The van der Waals surface area contributed by atoms with Crippen LogP contribution in [0.15, 0.2) is 58.2 Å². The third-order valence-electron chi connectivity index (χ3n) is 3.36. The van der Waals surface area contributed by atoms with Crippen LogP contribution in [-0.4, -0.2) is 21.6 Å². The van der Waals surface area contributed by atoms with Crippen molar-refractivity contribution in [2.75, 3.05) is 11.1 Å². The molecule has 0 atom stereocenters. The summed E-state index contributed by atoms with van der Waals surface area (Å²) < 4.78 is 0. The number of fused-ring (bicyclic) bond motifs is 1. The van der Waals surface area contributed by atoms with E-state index in [4.69, 9.17) is 0 Å². The van der Waals surface area contributed by atoms with E-state index in [1.807, 2.05) is 18.2 Å². The number of carbonyl (C=O) groups excluding carboxylic acids is 1. The normalized spacial score (nSPS) is 10.8. The Balaban J connectivity index is 1.47. The van der Waals surface area contributed by atoms with Crippen LogP contribution in [-0.2, 0) is 4.79 Å². The fourth-order valence-corrected chi connectivity index (χ4v) is 3.15. The van der Waals surface area contributed by atoms with Crippen molar-refractivity contribution in [3.05, 3.63) is 59.0 Å². The standard InChI is InChI=1S/C17H17N3O2S/c21-16(7-4-10-23-13-5-2-1-3-6-13)18-12-8-9-14-15(11-12)20-17(22)19-14/h1-3,5-6,8-9,11H,4,7,10H2,(H,18,21)(H2,19,20,22). The van der Waals surface area contributed by atoms with Gasteiger partial charge in [-0.15, -0.1) is 11.8 Å². The van der Waals surface area contributed by atoms with Gasteiger partial charge in [0.25, 0.3) is 0 Å². The number of hydrogen-bond donors (Lipinski definition) is 3. The smallest absolute Gasteiger partial charge is 0.323 e. The summed E-state index contributed by atoms with van der Waals surface area (Å²) in [5.41, 5.74) is 1.86. The summed E-state index contributed by atoms with van der Waals surface area (Å²) in [6.07, 6.45) is 1.29. The van der Waals surface area contributed by atoms with Crippen LogP contribution in [0.4, 0.5) is 5.69 Å². The Morgan fingerprint density at radius 2 is 1.83 bits per heavy atom. The monoisotopic (exact) mass is 327 g/mol. The highest BCUT2D eigenvalue weighted by Gasteiger charge is 2.05. The van der Waals surface area contributed by atoms with Crippen molar-refractivity contribution < 1.29 is 4.79 Å². The van der Waals surface area contributed by atoms with Crippen LogP contribution >= 0.6 is 11.8 Å². The molecule has 0 saturated carbocycles. The van der Waals surface area contributed by atoms with Gasteiger partial charge in [-0.2, -0.15) is 0 Å². The molecule has 6 heteroatoms. The van der Waals surface area contributed by atoms with E-state index in [2.05, 4.69) is 27.4 Å². The predicted molar refractivity (Wildman–Crippen MR) is 93.9 cm³/mol. The summed E-state index contributed by atoms with van der Waals surface area (Å²) in [7, 11) is 0. The lowest BCUT2D eigenvalue weighted by atomic mass is 10.2. The van der Waals surface area contributed by atoms with Gasteiger partial charge < -0.3 is 15.3 Å². The fourth-order valence-electron chi connectivity index (χ4n) is 2.27. The van der Waals surface area contributed by atoms with E-state index >= 15 is 0 Å². The lowest BCUT2D eigenvalue weighted by molar-refractivity contribution is -0.116. The summed E-state index contributed by atoms with van der Waals surface area (Å²) in [5, 5.41) is 2.86. The summed E-state index contributed by atoms with van der Waals surface area (Å²) in [5.74, 6) is 0.887. The Kier molecular flexibility index (Phi) is 4.83. The van der Waals surface area contributed by atoms with E-state index in [1.54, 1.807) is 30.0 Å². The van der Waals surface area contributed by atoms with E-state index in [1.165, 1.54) is 4.90 Å². The van der Waals surface area contributed by atoms with Crippen LogP contribution in [0.5, 0.6) is 0 Å². The minimum absolute atomic E-state index is 0.0177. The lowest BCUT2D eigenvalue weighted by Gasteiger charge is -2.05. The van der Waals surface area contributed by atoms with Gasteiger partial charge in [-0.1, -0.05) is 18.2 Å². The van der Waals surface area contributed by atoms with Gasteiger partial charge in [0, 0.05) is 17.0 Å². The number of imidazole rings is 1. The maximum Gasteiger partial charge on any atom is 0.323 e. The fraction of sp³-hybridized carbons (Fsp3) is 0.176. The third kappa shape index (κ3) is 4.26. The highest BCUT2D eigenvalue weighted by atomic mass is 32.2. The minimum atomic E-state index is -0.249. The first kappa shape index (κ1) is 15.4.